The Morgan fingerprint density at radius 1 is 1.47 bits per heavy atom. The van der Waals surface area contributed by atoms with Crippen molar-refractivity contribution in [3.63, 3.8) is 0 Å². The molecule has 5 nitrogen and oxygen atoms in total. The zero-order valence-corrected chi connectivity index (χ0v) is 11.0. The van der Waals surface area contributed by atoms with Crippen molar-refractivity contribution in [3.05, 3.63) is 23.8 Å². The molecule has 0 fully saturated rings. The number of amides is 1. The monoisotopic (exact) mass is 301 g/mol. The topological polar surface area (TPSA) is 87.4 Å². The number of hydrogen-bond donors (Lipinski definition) is 4. The van der Waals surface area contributed by atoms with E-state index in [9.17, 15) is 9.90 Å². The van der Waals surface area contributed by atoms with E-state index < -0.39 is 0 Å². The van der Waals surface area contributed by atoms with Gasteiger partial charge < -0.3 is 21.5 Å². The van der Waals surface area contributed by atoms with E-state index in [4.69, 9.17) is 5.73 Å². The number of rotatable bonds is 6. The Kier molecular flexibility index (Phi) is 5.96. The van der Waals surface area contributed by atoms with E-state index >= 15 is 0 Å². The van der Waals surface area contributed by atoms with Crippen LogP contribution in [0, 0.1) is 0 Å². The van der Waals surface area contributed by atoms with E-state index in [1.807, 2.05) is 0 Å². The summed E-state index contributed by atoms with van der Waals surface area (Å²) < 4.78 is 0. The summed E-state index contributed by atoms with van der Waals surface area (Å²) >= 11 is 3.07. The number of phenolic OH excluding ortho intramolecular Hbond substituents is 1. The number of aromatic hydroxyl groups is 1. The first kappa shape index (κ1) is 14.0. The molecule has 0 spiro atoms. The maximum absolute atomic E-state index is 11.2. The second-order valence-electron chi connectivity index (χ2n) is 3.49. The highest BCUT2D eigenvalue weighted by molar-refractivity contribution is 9.09. The normalized spacial score (nSPS) is 10.2. The lowest BCUT2D eigenvalue weighted by atomic mass is 10.1. The first-order valence-electron chi connectivity index (χ1n) is 5.26. The third-order valence-electron chi connectivity index (χ3n) is 2.12. The van der Waals surface area contributed by atoms with Gasteiger partial charge >= 0.3 is 0 Å². The number of hydrogen-bond acceptors (Lipinski definition) is 4. The average molecular weight is 302 g/mol. The molecule has 6 heteroatoms. The predicted molar refractivity (Wildman–Crippen MR) is 71.3 cm³/mol. The molecule has 0 radical (unpaired) electrons. The minimum absolute atomic E-state index is 0.128. The molecule has 17 heavy (non-hydrogen) atoms. The number of phenols is 1. The minimum atomic E-state index is -0.128. The molecule has 0 saturated heterocycles. The summed E-state index contributed by atoms with van der Waals surface area (Å²) in [5.41, 5.74) is 6.75. The number of carbonyl (C=O) groups excluding carboxylic acids is 1. The Labute approximate surface area is 109 Å². The van der Waals surface area contributed by atoms with Crippen LogP contribution in [0.3, 0.4) is 0 Å². The second kappa shape index (κ2) is 7.26. The molecule has 1 rings (SSSR count). The van der Waals surface area contributed by atoms with Gasteiger partial charge in [0.2, 0.25) is 5.91 Å². The van der Waals surface area contributed by atoms with Gasteiger partial charge in [-0.15, -0.1) is 0 Å². The Hall–Kier alpha value is -1.11. The van der Waals surface area contributed by atoms with Crippen LogP contribution in [0.5, 0.6) is 5.75 Å². The number of anilines is 1. The third-order valence-corrected chi connectivity index (χ3v) is 2.63. The highest BCUT2D eigenvalue weighted by Gasteiger charge is 2.04. The summed E-state index contributed by atoms with van der Waals surface area (Å²) in [7, 11) is 0. The lowest BCUT2D eigenvalue weighted by molar-refractivity contribution is -0.113. The van der Waals surface area contributed by atoms with Crippen LogP contribution in [0.1, 0.15) is 5.56 Å². The molecule has 1 amide bonds. The third kappa shape index (κ3) is 4.72. The summed E-state index contributed by atoms with van der Waals surface area (Å²) in [5.74, 6) is 0.0721. The van der Waals surface area contributed by atoms with Crippen molar-refractivity contribution < 1.29 is 9.90 Å². The maximum atomic E-state index is 11.2. The van der Waals surface area contributed by atoms with Crippen molar-refractivity contribution in [2.24, 2.45) is 5.73 Å². The van der Waals surface area contributed by atoms with Crippen molar-refractivity contribution in [2.75, 3.05) is 23.7 Å². The maximum Gasteiger partial charge on any atom is 0.235 e. The van der Waals surface area contributed by atoms with Crippen LogP contribution < -0.4 is 16.4 Å². The number of carbonyl (C=O) groups is 1. The number of nitrogens with one attached hydrogen (secondary N) is 2. The average Bonchev–Trinajstić information content (AvgIpc) is 2.33. The molecule has 0 aliphatic rings. The SMILES string of the molecule is NCCNCc1cc(NC(=O)CBr)ccc1O. The Morgan fingerprint density at radius 2 is 2.24 bits per heavy atom. The van der Waals surface area contributed by atoms with Crippen LogP contribution in [-0.2, 0) is 11.3 Å². The van der Waals surface area contributed by atoms with Crippen molar-refractivity contribution in [1.82, 2.24) is 5.32 Å². The van der Waals surface area contributed by atoms with Crippen LogP contribution in [0.4, 0.5) is 5.69 Å². The fourth-order valence-electron chi connectivity index (χ4n) is 1.32. The van der Waals surface area contributed by atoms with Crippen molar-refractivity contribution in [2.45, 2.75) is 6.54 Å². The van der Waals surface area contributed by atoms with Gasteiger partial charge in [-0.1, -0.05) is 15.9 Å². The van der Waals surface area contributed by atoms with Gasteiger partial charge in [-0.3, -0.25) is 4.79 Å². The zero-order valence-electron chi connectivity index (χ0n) is 9.37. The van der Waals surface area contributed by atoms with Crippen molar-refractivity contribution in [3.8, 4) is 5.75 Å². The first-order valence-corrected chi connectivity index (χ1v) is 6.38. The summed E-state index contributed by atoms with van der Waals surface area (Å²) in [5, 5.41) is 15.7. The number of halogens is 1. The quantitative estimate of drug-likeness (QED) is 0.355. The molecule has 94 valence electrons. The molecule has 0 aliphatic heterocycles. The Balaban J connectivity index is 2.68. The fraction of sp³-hybridized carbons (Fsp3) is 0.364. The van der Waals surface area contributed by atoms with Crippen molar-refractivity contribution >= 4 is 27.5 Å². The van der Waals surface area contributed by atoms with Gasteiger partial charge in [0, 0.05) is 30.9 Å². The fourth-order valence-corrected chi connectivity index (χ4v) is 1.46. The van der Waals surface area contributed by atoms with Crippen LogP contribution in [0.15, 0.2) is 18.2 Å². The lowest BCUT2D eigenvalue weighted by Crippen LogP contribution is -2.22. The lowest BCUT2D eigenvalue weighted by Gasteiger charge is -2.09. The summed E-state index contributed by atoms with van der Waals surface area (Å²) in [6.07, 6.45) is 0. The van der Waals surface area contributed by atoms with E-state index in [0.717, 1.165) is 5.56 Å². The smallest absolute Gasteiger partial charge is 0.235 e. The molecular weight excluding hydrogens is 286 g/mol. The van der Waals surface area contributed by atoms with Gasteiger partial charge in [0.25, 0.3) is 0 Å². The molecule has 5 N–H and O–H groups in total. The molecule has 0 aliphatic carbocycles. The van der Waals surface area contributed by atoms with Crippen LogP contribution in [-0.4, -0.2) is 29.4 Å². The number of alkyl halides is 1. The predicted octanol–water partition coefficient (Wildman–Crippen LogP) is 0.774. The molecule has 1 aromatic rings. The highest BCUT2D eigenvalue weighted by atomic mass is 79.9. The van der Waals surface area contributed by atoms with Crippen LogP contribution in [0.2, 0.25) is 0 Å². The molecule has 0 unspecified atom stereocenters. The van der Waals surface area contributed by atoms with Gasteiger partial charge in [-0.25, -0.2) is 0 Å². The second-order valence-corrected chi connectivity index (χ2v) is 4.05. The van der Waals surface area contributed by atoms with Crippen molar-refractivity contribution in [1.29, 1.82) is 0 Å². The summed E-state index contributed by atoms with van der Waals surface area (Å²) in [4.78, 5) is 11.2. The van der Waals surface area contributed by atoms with E-state index in [0.29, 0.717) is 25.3 Å². The first-order chi connectivity index (χ1) is 8.17. The molecule has 0 saturated carbocycles. The van der Waals surface area contributed by atoms with Crippen LogP contribution in [0.25, 0.3) is 0 Å². The standard InChI is InChI=1S/C11H16BrN3O2/c12-6-11(17)15-9-1-2-10(16)8(5-9)7-14-4-3-13/h1-2,5,14,16H,3-4,6-7,13H2,(H,15,17). The van der Waals surface area contributed by atoms with E-state index in [1.165, 1.54) is 0 Å². The summed E-state index contributed by atoms with van der Waals surface area (Å²) in [6, 6.07) is 4.95. The Morgan fingerprint density at radius 3 is 2.88 bits per heavy atom. The molecule has 0 bridgehead atoms. The van der Waals surface area contributed by atoms with Gasteiger partial charge in [-0.2, -0.15) is 0 Å². The van der Waals surface area contributed by atoms with Crippen LogP contribution >= 0.6 is 15.9 Å². The molecule has 0 atom stereocenters. The van der Waals surface area contributed by atoms with E-state index in [1.54, 1.807) is 18.2 Å². The highest BCUT2D eigenvalue weighted by Crippen LogP contribution is 2.21. The van der Waals surface area contributed by atoms with Gasteiger partial charge in [-0.05, 0) is 18.2 Å². The van der Waals surface area contributed by atoms with E-state index in [2.05, 4.69) is 26.6 Å². The van der Waals surface area contributed by atoms with Gasteiger partial charge in [0.05, 0.1) is 5.33 Å². The molecule has 1 aromatic carbocycles. The zero-order chi connectivity index (χ0) is 12.7. The van der Waals surface area contributed by atoms with Gasteiger partial charge in [0.1, 0.15) is 5.75 Å². The molecule has 0 aromatic heterocycles. The molecule has 0 heterocycles. The molecular formula is C11H16BrN3O2. The van der Waals surface area contributed by atoms with E-state index in [-0.39, 0.29) is 17.0 Å². The largest absolute Gasteiger partial charge is 0.508 e. The Bertz CT molecular complexity index is 385. The van der Waals surface area contributed by atoms with Gasteiger partial charge in [0.15, 0.2) is 0 Å². The summed E-state index contributed by atoms with van der Waals surface area (Å²) in [6.45, 7) is 1.74. The number of nitrogens with two attached hydrogens (primary N) is 1. The number of benzene rings is 1. The minimum Gasteiger partial charge on any atom is -0.508 e.